The fourth-order valence-electron chi connectivity index (χ4n) is 3.64. The molecule has 31 heavy (non-hydrogen) atoms. The first-order valence-electron chi connectivity index (χ1n) is 10.1. The maximum Gasteiger partial charge on any atom is 0.298 e. The second-order valence-corrected chi connectivity index (χ2v) is 7.21. The van der Waals surface area contributed by atoms with Crippen LogP contribution in [0.3, 0.4) is 0 Å². The Bertz CT molecular complexity index is 972. The van der Waals surface area contributed by atoms with Gasteiger partial charge < -0.3 is 24.5 Å². The summed E-state index contributed by atoms with van der Waals surface area (Å²) in [4.78, 5) is 27.4. The number of hydrogen-bond acceptors (Lipinski definition) is 7. The zero-order chi connectivity index (χ0) is 22.1. The Labute approximate surface area is 179 Å². The molecule has 1 unspecified atom stereocenters. The van der Waals surface area contributed by atoms with Gasteiger partial charge in [0.1, 0.15) is 11.3 Å². The average molecular weight is 429 g/mol. The third kappa shape index (κ3) is 6.21. The zero-order valence-corrected chi connectivity index (χ0v) is 17.4. The number of carbonyl (C=O) groups is 2. The molecular weight excluding hydrogens is 402 g/mol. The van der Waals surface area contributed by atoms with Crippen molar-refractivity contribution in [3.8, 4) is 5.75 Å². The molecule has 10 nitrogen and oxygen atoms in total. The smallest absolute Gasteiger partial charge is 0.298 e. The van der Waals surface area contributed by atoms with Crippen LogP contribution in [-0.2, 0) is 16.1 Å². The van der Waals surface area contributed by atoms with Crippen LogP contribution in [0.4, 0.5) is 6.01 Å². The van der Waals surface area contributed by atoms with E-state index < -0.39 is 0 Å². The predicted molar refractivity (Wildman–Crippen MR) is 114 cm³/mol. The Morgan fingerprint density at radius 3 is 3.03 bits per heavy atom. The molecule has 4 rings (SSSR count). The molecule has 1 amide bonds. The van der Waals surface area contributed by atoms with Gasteiger partial charge in [0, 0.05) is 44.5 Å². The van der Waals surface area contributed by atoms with Crippen LogP contribution >= 0.6 is 0 Å². The fraction of sp³-hybridized carbons (Fsp3) is 0.429. The van der Waals surface area contributed by atoms with Gasteiger partial charge in [0.05, 0.1) is 13.7 Å². The number of nitrogens with zero attached hydrogens (tertiary/aromatic N) is 4. The van der Waals surface area contributed by atoms with Gasteiger partial charge in [-0.2, -0.15) is 10.1 Å². The van der Waals surface area contributed by atoms with Crippen LogP contribution in [0.5, 0.6) is 5.75 Å². The van der Waals surface area contributed by atoms with Crippen LogP contribution in [0.1, 0.15) is 19.3 Å². The van der Waals surface area contributed by atoms with Crippen LogP contribution in [-0.4, -0.2) is 59.0 Å². The minimum atomic E-state index is -0.250. The Balaban J connectivity index is 0.000000858. The Hall–Kier alpha value is -3.56. The molecule has 1 aromatic carbocycles. The maximum atomic E-state index is 12.3. The first kappa shape index (κ1) is 22.1. The van der Waals surface area contributed by atoms with Gasteiger partial charge in [-0.15, -0.1) is 0 Å². The number of carbonyl (C=O) groups excluding carboxylic acids is 1. The summed E-state index contributed by atoms with van der Waals surface area (Å²) in [5, 5.41) is 14.0. The van der Waals surface area contributed by atoms with Gasteiger partial charge in [0.25, 0.3) is 12.5 Å². The number of oxazole rings is 1. The van der Waals surface area contributed by atoms with E-state index in [1.165, 1.54) is 0 Å². The highest BCUT2D eigenvalue weighted by molar-refractivity contribution is 5.77. The molecule has 1 aliphatic heterocycles. The zero-order valence-electron chi connectivity index (χ0n) is 17.4. The second kappa shape index (κ2) is 11.0. The largest absolute Gasteiger partial charge is 0.497 e. The molecule has 0 radical (unpaired) electrons. The minimum absolute atomic E-state index is 0.0845. The summed E-state index contributed by atoms with van der Waals surface area (Å²) in [6.07, 6.45) is 6.20. The van der Waals surface area contributed by atoms with Crippen LogP contribution in [0.2, 0.25) is 0 Å². The molecule has 3 heterocycles. The van der Waals surface area contributed by atoms with Gasteiger partial charge in [0.15, 0.2) is 5.58 Å². The average Bonchev–Trinajstić information content (AvgIpc) is 3.43. The third-order valence-electron chi connectivity index (χ3n) is 5.07. The van der Waals surface area contributed by atoms with Crippen molar-refractivity contribution in [2.24, 2.45) is 5.92 Å². The van der Waals surface area contributed by atoms with E-state index in [1.54, 1.807) is 13.3 Å². The van der Waals surface area contributed by atoms with Crippen molar-refractivity contribution >= 4 is 29.5 Å². The van der Waals surface area contributed by atoms with Gasteiger partial charge in [-0.3, -0.25) is 14.3 Å². The van der Waals surface area contributed by atoms with E-state index in [0.717, 1.165) is 42.8 Å². The number of ether oxygens (including phenoxy) is 1. The number of benzene rings is 1. The van der Waals surface area contributed by atoms with Crippen LogP contribution in [0.25, 0.3) is 11.1 Å². The van der Waals surface area contributed by atoms with Gasteiger partial charge in [-0.1, -0.05) is 0 Å². The standard InChI is InChI=1S/C20H25N5O3.CH2O2/c1-27-16-5-6-18-17(13-16)23-20(28-18)24-9-2-4-15(14-24)12-19(26)21-8-11-25-10-3-7-22-25;2-1-3/h3,5-7,10,13,15H,2,4,8-9,11-12,14H2,1H3,(H,21,26);1H,(H,2,3). The summed E-state index contributed by atoms with van der Waals surface area (Å²) in [5.41, 5.74) is 1.53. The summed E-state index contributed by atoms with van der Waals surface area (Å²) in [6, 6.07) is 8.10. The lowest BCUT2D eigenvalue weighted by atomic mass is 9.95. The van der Waals surface area contributed by atoms with Crippen molar-refractivity contribution in [3.05, 3.63) is 36.7 Å². The summed E-state index contributed by atoms with van der Waals surface area (Å²) in [6.45, 7) is 2.68. The lowest BCUT2D eigenvalue weighted by molar-refractivity contribution is -0.123. The number of hydrogen-bond donors (Lipinski definition) is 2. The molecule has 1 saturated heterocycles. The summed E-state index contributed by atoms with van der Waals surface area (Å²) in [7, 11) is 1.64. The maximum absolute atomic E-state index is 12.3. The van der Waals surface area contributed by atoms with Crippen LogP contribution in [0, 0.1) is 5.92 Å². The first-order chi connectivity index (χ1) is 15.1. The normalized spacial score (nSPS) is 15.8. The number of piperidine rings is 1. The van der Waals surface area contributed by atoms with E-state index in [9.17, 15) is 4.79 Å². The molecular formula is C21H27N5O5. The highest BCUT2D eigenvalue weighted by atomic mass is 16.5. The minimum Gasteiger partial charge on any atom is -0.497 e. The highest BCUT2D eigenvalue weighted by Crippen LogP contribution is 2.29. The Kier molecular flexibility index (Phi) is 7.85. The molecule has 0 bridgehead atoms. The molecule has 1 fully saturated rings. The van der Waals surface area contributed by atoms with Gasteiger partial charge in [-0.25, -0.2) is 0 Å². The van der Waals surface area contributed by atoms with Crippen molar-refractivity contribution < 1.29 is 23.8 Å². The quantitative estimate of drug-likeness (QED) is 0.548. The van der Waals surface area contributed by atoms with Crippen LogP contribution < -0.4 is 15.0 Å². The lowest BCUT2D eigenvalue weighted by Gasteiger charge is -2.31. The molecule has 10 heteroatoms. The number of aromatic nitrogens is 3. The molecule has 0 saturated carbocycles. The van der Waals surface area contributed by atoms with Crippen molar-refractivity contribution in [1.82, 2.24) is 20.1 Å². The highest BCUT2D eigenvalue weighted by Gasteiger charge is 2.25. The summed E-state index contributed by atoms with van der Waals surface area (Å²) in [5.74, 6) is 1.14. The Morgan fingerprint density at radius 2 is 2.29 bits per heavy atom. The molecule has 2 N–H and O–H groups in total. The van der Waals surface area contributed by atoms with Crippen LogP contribution in [0.15, 0.2) is 41.1 Å². The van der Waals surface area contributed by atoms with Gasteiger partial charge in [-0.05, 0) is 37.0 Å². The number of amides is 1. The summed E-state index contributed by atoms with van der Waals surface area (Å²) < 4.78 is 13.0. The first-order valence-corrected chi connectivity index (χ1v) is 10.1. The number of rotatable bonds is 7. The number of anilines is 1. The van der Waals surface area contributed by atoms with Crippen molar-refractivity contribution in [3.63, 3.8) is 0 Å². The SMILES string of the molecule is COc1ccc2oc(N3CCCC(CC(=O)NCCn4cccn4)C3)nc2c1.O=CO. The molecule has 3 aromatic rings. The van der Waals surface area contributed by atoms with E-state index in [1.807, 2.05) is 35.1 Å². The lowest BCUT2D eigenvalue weighted by Crippen LogP contribution is -2.38. The summed E-state index contributed by atoms with van der Waals surface area (Å²) >= 11 is 0. The molecule has 1 aliphatic rings. The topological polar surface area (TPSA) is 123 Å². The van der Waals surface area contributed by atoms with E-state index in [0.29, 0.717) is 31.4 Å². The number of fused-ring (bicyclic) bond motifs is 1. The van der Waals surface area contributed by atoms with Crippen molar-refractivity contribution in [2.75, 3.05) is 31.6 Å². The molecule has 0 spiro atoms. The monoisotopic (exact) mass is 429 g/mol. The van der Waals surface area contributed by atoms with E-state index >= 15 is 0 Å². The molecule has 166 valence electrons. The molecule has 0 aliphatic carbocycles. The number of carboxylic acid groups (broad SMARTS) is 1. The predicted octanol–water partition coefficient (Wildman–Crippen LogP) is 2.16. The third-order valence-corrected chi connectivity index (χ3v) is 5.07. The van der Waals surface area contributed by atoms with E-state index in [4.69, 9.17) is 19.1 Å². The second-order valence-electron chi connectivity index (χ2n) is 7.21. The number of nitrogens with one attached hydrogen (secondary N) is 1. The van der Waals surface area contributed by atoms with Crippen molar-refractivity contribution in [1.29, 1.82) is 0 Å². The molecule has 2 aromatic heterocycles. The van der Waals surface area contributed by atoms with Gasteiger partial charge >= 0.3 is 0 Å². The van der Waals surface area contributed by atoms with E-state index in [-0.39, 0.29) is 12.4 Å². The number of methoxy groups -OCH3 is 1. The van der Waals surface area contributed by atoms with Crippen molar-refractivity contribution in [2.45, 2.75) is 25.8 Å². The van der Waals surface area contributed by atoms with Gasteiger partial charge in [0.2, 0.25) is 5.91 Å². The fourth-order valence-corrected chi connectivity index (χ4v) is 3.64. The molecule has 1 atom stereocenters. The Morgan fingerprint density at radius 1 is 1.45 bits per heavy atom. The van der Waals surface area contributed by atoms with E-state index in [2.05, 4.69) is 20.3 Å².